The zero-order valence-corrected chi connectivity index (χ0v) is 10.5. The molecule has 0 aromatic carbocycles. The van der Waals surface area contributed by atoms with E-state index in [-0.39, 0.29) is 24.2 Å². The summed E-state index contributed by atoms with van der Waals surface area (Å²) in [4.78, 5) is 11.2. The van der Waals surface area contributed by atoms with Crippen LogP contribution in [0.25, 0.3) is 0 Å². The third-order valence-corrected chi connectivity index (χ3v) is 3.64. The zero-order chi connectivity index (χ0) is 14.0. The standard InChI is InChI=1S/C11H15F3N4O/c1-7(19)9-4-2-8(3-5-9)6-18-10(11(12,13)14)15-16-17-18/h8-9H,2-6H2,1H3. The van der Waals surface area contributed by atoms with Crippen molar-refractivity contribution in [2.24, 2.45) is 11.8 Å². The number of Topliss-reactive ketones (excluding diaryl/α,β-unsaturated/α-hetero) is 1. The molecule has 0 radical (unpaired) electrons. The van der Waals surface area contributed by atoms with Crippen LogP contribution >= 0.6 is 0 Å². The van der Waals surface area contributed by atoms with Crippen molar-refractivity contribution in [3.63, 3.8) is 0 Å². The van der Waals surface area contributed by atoms with Crippen LogP contribution in [0, 0.1) is 11.8 Å². The molecule has 106 valence electrons. The van der Waals surface area contributed by atoms with Crippen molar-refractivity contribution < 1.29 is 18.0 Å². The molecule has 1 heterocycles. The van der Waals surface area contributed by atoms with Crippen LogP contribution < -0.4 is 0 Å². The molecular formula is C11H15F3N4O. The highest BCUT2D eigenvalue weighted by atomic mass is 19.4. The van der Waals surface area contributed by atoms with Gasteiger partial charge in [-0.25, -0.2) is 4.68 Å². The molecule has 0 bridgehead atoms. The van der Waals surface area contributed by atoms with Crippen molar-refractivity contribution in [3.05, 3.63) is 5.82 Å². The lowest BCUT2D eigenvalue weighted by molar-refractivity contribution is -0.148. The molecule has 8 heteroatoms. The molecule has 0 atom stereocenters. The molecule has 0 amide bonds. The van der Waals surface area contributed by atoms with E-state index in [1.807, 2.05) is 0 Å². The van der Waals surface area contributed by atoms with Crippen LogP contribution in [0.15, 0.2) is 0 Å². The van der Waals surface area contributed by atoms with Crippen molar-refractivity contribution in [3.8, 4) is 0 Å². The molecule has 2 rings (SSSR count). The largest absolute Gasteiger partial charge is 0.453 e. The van der Waals surface area contributed by atoms with Gasteiger partial charge in [0.05, 0.1) is 0 Å². The lowest BCUT2D eigenvalue weighted by Gasteiger charge is -2.26. The molecule has 1 aromatic rings. The van der Waals surface area contributed by atoms with Gasteiger partial charge < -0.3 is 0 Å². The van der Waals surface area contributed by atoms with Gasteiger partial charge in [-0.3, -0.25) is 4.79 Å². The van der Waals surface area contributed by atoms with Gasteiger partial charge >= 0.3 is 6.18 Å². The number of carbonyl (C=O) groups is 1. The lowest BCUT2D eigenvalue weighted by atomic mass is 9.80. The molecule has 0 spiro atoms. The minimum atomic E-state index is -4.53. The average molecular weight is 276 g/mol. The van der Waals surface area contributed by atoms with E-state index in [9.17, 15) is 18.0 Å². The Morgan fingerprint density at radius 1 is 1.32 bits per heavy atom. The second-order valence-electron chi connectivity index (χ2n) is 5.01. The van der Waals surface area contributed by atoms with Gasteiger partial charge in [-0.2, -0.15) is 13.2 Å². The number of aromatic nitrogens is 4. The maximum atomic E-state index is 12.6. The second-order valence-corrected chi connectivity index (χ2v) is 5.01. The normalized spacial score (nSPS) is 24.4. The van der Waals surface area contributed by atoms with Crippen LogP contribution in [-0.4, -0.2) is 26.0 Å². The minimum Gasteiger partial charge on any atom is -0.300 e. The highest BCUT2D eigenvalue weighted by molar-refractivity contribution is 5.78. The van der Waals surface area contributed by atoms with Crippen LogP contribution in [0.5, 0.6) is 0 Å². The van der Waals surface area contributed by atoms with E-state index in [1.165, 1.54) is 0 Å². The molecule has 5 nitrogen and oxygen atoms in total. The summed E-state index contributed by atoms with van der Waals surface area (Å²) in [7, 11) is 0. The first kappa shape index (κ1) is 14.0. The Kier molecular flexibility index (Phi) is 3.86. The topological polar surface area (TPSA) is 60.7 Å². The van der Waals surface area contributed by atoms with E-state index < -0.39 is 12.0 Å². The predicted octanol–water partition coefficient (Wildman–Crippen LogP) is 2.09. The Morgan fingerprint density at radius 2 is 1.95 bits per heavy atom. The number of ketones is 1. The van der Waals surface area contributed by atoms with Gasteiger partial charge in [0.2, 0.25) is 0 Å². The number of hydrogen-bond acceptors (Lipinski definition) is 4. The molecule has 1 fully saturated rings. The van der Waals surface area contributed by atoms with Crippen LogP contribution in [0.1, 0.15) is 38.4 Å². The van der Waals surface area contributed by atoms with Crippen LogP contribution in [0.3, 0.4) is 0 Å². The van der Waals surface area contributed by atoms with Gasteiger partial charge in [0, 0.05) is 12.5 Å². The van der Waals surface area contributed by atoms with E-state index in [4.69, 9.17) is 0 Å². The predicted molar refractivity (Wildman–Crippen MR) is 58.9 cm³/mol. The molecular weight excluding hydrogens is 261 g/mol. The molecule has 0 aliphatic heterocycles. The second kappa shape index (κ2) is 5.26. The maximum Gasteiger partial charge on any atom is 0.453 e. The summed E-state index contributed by atoms with van der Waals surface area (Å²) in [5.74, 6) is -0.731. The van der Waals surface area contributed by atoms with Gasteiger partial charge in [-0.1, -0.05) is 0 Å². The van der Waals surface area contributed by atoms with Gasteiger partial charge in [0.25, 0.3) is 5.82 Å². The summed E-state index contributed by atoms with van der Waals surface area (Å²) in [5, 5.41) is 9.50. The first-order chi connectivity index (χ1) is 8.88. The van der Waals surface area contributed by atoms with Gasteiger partial charge in [-0.05, 0) is 49.0 Å². The quantitative estimate of drug-likeness (QED) is 0.848. The fourth-order valence-corrected chi connectivity index (χ4v) is 2.53. The van der Waals surface area contributed by atoms with Gasteiger partial charge in [0.15, 0.2) is 0 Å². The summed E-state index contributed by atoms with van der Waals surface area (Å²) in [6.07, 6.45) is -1.57. The number of rotatable bonds is 3. The van der Waals surface area contributed by atoms with Gasteiger partial charge in [0.1, 0.15) is 5.78 Å². The summed E-state index contributed by atoms with van der Waals surface area (Å²) in [5.41, 5.74) is 0. The number of halogens is 3. The third kappa shape index (κ3) is 3.30. The van der Waals surface area contributed by atoms with E-state index in [1.54, 1.807) is 6.92 Å². The monoisotopic (exact) mass is 276 g/mol. The van der Waals surface area contributed by atoms with Crippen LogP contribution in [0.2, 0.25) is 0 Å². The first-order valence-corrected chi connectivity index (χ1v) is 6.21. The highest BCUT2D eigenvalue weighted by Gasteiger charge is 2.38. The van der Waals surface area contributed by atoms with Gasteiger partial charge in [-0.15, -0.1) is 5.10 Å². The Balaban J connectivity index is 1.97. The highest BCUT2D eigenvalue weighted by Crippen LogP contribution is 2.32. The molecule has 19 heavy (non-hydrogen) atoms. The lowest BCUT2D eigenvalue weighted by Crippen LogP contribution is -2.25. The Morgan fingerprint density at radius 3 is 2.47 bits per heavy atom. The van der Waals surface area contributed by atoms with Crippen LogP contribution in [0.4, 0.5) is 13.2 Å². The third-order valence-electron chi connectivity index (χ3n) is 3.64. The van der Waals surface area contributed by atoms with Crippen molar-refractivity contribution >= 4 is 5.78 Å². The Bertz CT molecular complexity index is 449. The summed E-state index contributed by atoms with van der Waals surface area (Å²) in [6.45, 7) is 1.72. The minimum absolute atomic E-state index is 0.0622. The molecule has 1 saturated carbocycles. The van der Waals surface area contributed by atoms with Crippen molar-refractivity contribution in [1.29, 1.82) is 0 Å². The fraction of sp³-hybridized carbons (Fsp3) is 0.818. The Hall–Kier alpha value is -1.47. The van der Waals surface area contributed by atoms with Crippen molar-refractivity contribution in [2.45, 2.75) is 45.3 Å². The van der Waals surface area contributed by atoms with Crippen LogP contribution in [-0.2, 0) is 17.5 Å². The summed E-state index contributed by atoms with van der Waals surface area (Å²) >= 11 is 0. The molecule has 1 aromatic heterocycles. The van der Waals surface area contributed by atoms with E-state index in [2.05, 4.69) is 15.5 Å². The van der Waals surface area contributed by atoms with E-state index in [0.29, 0.717) is 0 Å². The molecule has 0 saturated heterocycles. The molecule has 0 unspecified atom stereocenters. The SMILES string of the molecule is CC(=O)C1CCC(Cn2nnnc2C(F)(F)F)CC1. The first-order valence-electron chi connectivity index (χ1n) is 6.21. The number of nitrogens with zero attached hydrogens (tertiary/aromatic N) is 4. The molecule has 1 aliphatic rings. The smallest absolute Gasteiger partial charge is 0.300 e. The number of tetrazole rings is 1. The number of hydrogen-bond donors (Lipinski definition) is 0. The summed E-state index contributed by atoms with van der Waals surface area (Å²) in [6, 6.07) is 0. The van der Waals surface area contributed by atoms with E-state index >= 15 is 0 Å². The Labute approximate surface area is 108 Å². The maximum absolute atomic E-state index is 12.6. The number of alkyl halides is 3. The summed E-state index contributed by atoms with van der Waals surface area (Å²) < 4.78 is 38.6. The average Bonchev–Trinajstić information content (AvgIpc) is 2.77. The molecule has 0 N–H and O–H groups in total. The number of carbonyl (C=O) groups excluding carboxylic acids is 1. The zero-order valence-electron chi connectivity index (χ0n) is 10.5. The van der Waals surface area contributed by atoms with E-state index in [0.717, 1.165) is 30.4 Å². The molecule has 1 aliphatic carbocycles. The van der Waals surface area contributed by atoms with Crippen molar-refractivity contribution in [1.82, 2.24) is 20.2 Å². The van der Waals surface area contributed by atoms with Crippen molar-refractivity contribution in [2.75, 3.05) is 0 Å². The fourth-order valence-electron chi connectivity index (χ4n) is 2.53.